The highest BCUT2D eigenvalue weighted by Crippen LogP contribution is 2.27. The summed E-state index contributed by atoms with van der Waals surface area (Å²) in [5, 5.41) is 8.18. The fraction of sp³-hybridized carbons (Fsp3) is 0.400. The maximum absolute atomic E-state index is 11.2. The van der Waals surface area contributed by atoms with E-state index in [4.69, 9.17) is 0 Å². The number of aldehydes is 1. The van der Waals surface area contributed by atoms with E-state index in [1.54, 1.807) is 0 Å². The Morgan fingerprint density at radius 2 is 1.95 bits per heavy atom. The number of rotatable bonds is 5. The number of aryl methyl sites for hydroxylation is 1. The van der Waals surface area contributed by atoms with Gasteiger partial charge >= 0.3 is 0 Å². The second kappa shape index (κ2) is 5.78. The van der Waals surface area contributed by atoms with Crippen molar-refractivity contribution >= 4 is 6.29 Å². The highest BCUT2D eigenvalue weighted by molar-refractivity contribution is 5.74. The number of para-hydroxylation sites is 1. The third-order valence-electron chi connectivity index (χ3n) is 3.56. The number of hydrogen-bond acceptors (Lipinski definition) is 3. The first kappa shape index (κ1) is 13.5. The molecule has 0 bridgehead atoms. The van der Waals surface area contributed by atoms with Crippen LogP contribution in [0.3, 0.4) is 0 Å². The van der Waals surface area contributed by atoms with Gasteiger partial charge in [-0.25, -0.2) is 4.68 Å². The maximum Gasteiger partial charge on any atom is 0.172 e. The second-order valence-corrected chi connectivity index (χ2v) is 4.69. The number of hydrogen-bond donors (Lipinski definition) is 0. The fourth-order valence-electron chi connectivity index (χ4n) is 2.42. The maximum atomic E-state index is 11.2. The SMILES string of the molecule is CCC(CC)c1c(C=O)nnn1-c1ccccc1C. The molecule has 0 radical (unpaired) electrons. The van der Waals surface area contributed by atoms with Crippen LogP contribution in [0, 0.1) is 6.92 Å². The summed E-state index contributed by atoms with van der Waals surface area (Å²) in [7, 11) is 0. The smallest absolute Gasteiger partial charge is 0.172 e. The van der Waals surface area contributed by atoms with Crippen LogP contribution in [0.25, 0.3) is 5.69 Å². The molecule has 0 N–H and O–H groups in total. The van der Waals surface area contributed by atoms with Crippen LogP contribution >= 0.6 is 0 Å². The van der Waals surface area contributed by atoms with Gasteiger partial charge in [0.05, 0.1) is 11.4 Å². The average Bonchev–Trinajstić information content (AvgIpc) is 2.85. The zero-order valence-corrected chi connectivity index (χ0v) is 11.6. The van der Waals surface area contributed by atoms with Gasteiger partial charge in [0.2, 0.25) is 0 Å². The van der Waals surface area contributed by atoms with Crippen molar-refractivity contribution in [1.82, 2.24) is 15.0 Å². The molecule has 0 saturated carbocycles. The molecule has 0 aliphatic rings. The third kappa shape index (κ3) is 2.43. The molecule has 1 aromatic carbocycles. The first-order valence-corrected chi connectivity index (χ1v) is 6.69. The third-order valence-corrected chi connectivity index (χ3v) is 3.56. The van der Waals surface area contributed by atoms with Gasteiger partial charge in [-0.2, -0.15) is 0 Å². The monoisotopic (exact) mass is 257 g/mol. The lowest BCUT2D eigenvalue weighted by atomic mass is 9.97. The van der Waals surface area contributed by atoms with Crippen molar-refractivity contribution in [3.63, 3.8) is 0 Å². The lowest BCUT2D eigenvalue weighted by Crippen LogP contribution is -2.09. The average molecular weight is 257 g/mol. The van der Waals surface area contributed by atoms with E-state index in [1.165, 1.54) is 0 Å². The summed E-state index contributed by atoms with van der Waals surface area (Å²) in [4.78, 5) is 11.2. The Balaban J connectivity index is 2.61. The van der Waals surface area contributed by atoms with Gasteiger partial charge in [0.25, 0.3) is 0 Å². The molecule has 0 atom stereocenters. The Morgan fingerprint density at radius 3 is 2.53 bits per heavy atom. The van der Waals surface area contributed by atoms with Crippen molar-refractivity contribution in [2.24, 2.45) is 0 Å². The van der Waals surface area contributed by atoms with Crippen molar-refractivity contribution < 1.29 is 4.79 Å². The molecule has 0 unspecified atom stereocenters. The Morgan fingerprint density at radius 1 is 1.26 bits per heavy atom. The van der Waals surface area contributed by atoms with Gasteiger partial charge in [0.15, 0.2) is 6.29 Å². The molecule has 19 heavy (non-hydrogen) atoms. The van der Waals surface area contributed by atoms with E-state index in [9.17, 15) is 4.79 Å². The summed E-state index contributed by atoms with van der Waals surface area (Å²) < 4.78 is 1.82. The van der Waals surface area contributed by atoms with Gasteiger partial charge < -0.3 is 0 Å². The molecule has 1 aromatic heterocycles. The summed E-state index contributed by atoms with van der Waals surface area (Å²) in [5.41, 5.74) is 3.49. The summed E-state index contributed by atoms with van der Waals surface area (Å²) in [6, 6.07) is 8.01. The molecular weight excluding hydrogens is 238 g/mol. The second-order valence-electron chi connectivity index (χ2n) is 4.69. The minimum Gasteiger partial charge on any atom is -0.296 e. The van der Waals surface area contributed by atoms with E-state index in [0.717, 1.165) is 36.1 Å². The van der Waals surface area contributed by atoms with Gasteiger partial charge in [-0.05, 0) is 31.4 Å². The Bertz CT molecular complexity index is 571. The largest absolute Gasteiger partial charge is 0.296 e. The molecule has 4 heteroatoms. The van der Waals surface area contributed by atoms with E-state index in [-0.39, 0.29) is 0 Å². The molecule has 0 fully saturated rings. The van der Waals surface area contributed by atoms with Crippen LogP contribution in [0.4, 0.5) is 0 Å². The first-order valence-electron chi connectivity index (χ1n) is 6.69. The molecule has 0 spiro atoms. The van der Waals surface area contributed by atoms with Crippen LogP contribution in [0.2, 0.25) is 0 Å². The van der Waals surface area contributed by atoms with Crippen molar-refractivity contribution in [3.8, 4) is 5.69 Å². The zero-order valence-electron chi connectivity index (χ0n) is 11.6. The Hall–Kier alpha value is -1.97. The molecule has 0 saturated heterocycles. The van der Waals surface area contributed by atoms with Gasteiger partial charge in [0.1, 0.15) is 5.69 Å². The van der Waals surface area contributed by atoms with E-state index in [2.05, 4.69) is 24.2 Å². The molecule has 100 valence electrons. The molecule has 2 rings (SSSR count). The van der Waals surface area contributed by atoms with Crippen LogP contribution in [-0.2, 0) is 0 Å². The highest BCUT2D eigenvalue weighted by Gasteiger charge is 2.21. The normalized spacial score (nSPS) is 10.9. The van der Waals surface area contributed by atoms with Crippen molar-refractivity contribution in [2.75, 3.05) is 0 Å². The molecule has 2 aromatic rings. The van der Waals surface area contributed by atoms with Crippen molar-refractivity contribution in [3.05, 3.63) is 41.2 Å². The quantitative estimate of drug-likeness (QED) is 0.772. The van der Waals surface area contributed by atoms with Gasteiger partial charge in [0, 0.05) is 5.92 Å². The molecule has 4 nitrogen and oxygen atoms in total. The van der Waals surface area contributed by atoms with E-state index in [0.29, 0.717) is 11.6 Å². The molecule has 1 heterocycles. The first-order chi connectivity index (χ1) is 9.22. The number of aromatic nitrogens is 3. The number of benzene rings is 1. The summed E-state index contributed by atoms with van der Waals surface area (Å²) in [6.45, 7) is 6.28. The van der Waals surface area contributed by atoms with Gasteiger partial charge in [-0.15, -0.1) is 5.10 Å². The molecule has 0 aliphatic carbocycles. The summed E-state index contributed by atoms with van der Waals surface area (Å²) in [6.07, 6.45) is 2.74. The predicted octanol–water partition coefficient (Wildman–Crippen LogP) is 3.29. The summed E-state index contributed by atoms with van der Waals surface area (Å²) in [5.74, 6) is 0.301. The van der Waals surface area contributed by atoms with E-state index < -0.39 is 0 Å². The van der Waals surface area contributed by atoms with E-state index in [1.807, 2.05) is 35.9 Å². The number of carbonyl (C=O) groups is 1. The zero-order chi connectivity index (χ0) is 13.8. The van der Waals surface area contributed by atoms with Gasteiger partial charge in [-0.3, -0.25) is 4.79 Å². The molecule has 0 aliphatic heterocycles. The molecular formula is C15H19N3O. The van der Waals surface area contributed by atoms with Crippen LogP contribution in [0.15, 0.2) is 24.3 Å². The van der Waals surface area contributed by atoms with Gasteiger partial charge in [-0.1, -0.05) is 37.3 Å². The lowest BCUT2D eigenvalue weighted by molar-refractivity contribution is 0.111. The fourth-order valence-corrected chi connectivity index (χ4v) is 2.42. The van der Waals surface area contributed by atoms with Crippen LogP contribution in [0.5, 0.6) is 0 Å². The van der Waals surface area contributed by atoms with Crippen LogP contribution < -0.4 is 0 Å². The van der Waals surface area contributed by atoms with Crippen LogP contribution in [0.1, 0.15) is 54.4 Å². The molecule has 0 amide bonds. The Labute approximate surface area is 113 Å². The number of carbonyl (C=O) groups excluding carboxylic acids is 1. The minimum absolute atomic E-state index is 0.301. The summed E-state index contributed by atoms with van der Waals surface area (Å²) >= 11 is 0. The lowest BCUT2D eigenvalue weighted by Gasteiger charge is -2.16. The minimum atomic E-state index is 0.301. The van der Waals surface area contributed by atoms with E-state index >= 15 is 0 Å². The highest BCUT2D eigenvalue weighted by atomic mass is 16.1. The predicted molar refractivity (Wildman–Crippen MR) is 74.8 cm³/mol. The standard InChI is InChI=1S/C15H19N3O/c1-4-12(5-2)15-13(10-19)16-17-18(15)14-9-7-6-8-11(14)3/h6-10,12H,4-5H2,1-3H3. The topological polar surface area (TPSA) is 47.8 Å². The Kier molecular flexibility index (Phi) is 4.10. The number of nitrogens with zero attached hydrogens (tertiary/aromatic N) is 3. The van der Waals surface area contributed by atoms with Crippen molar-refractivity contribution in [1.29, 1.82) is 0 Å². The van der Waals surface area contributed by atoms with Crippen molar-refractivity contribution in [2.45, 2.75) is 39.5 Å². The van der Waals surface area contributed by atoms with Crippen LogP contribution in [-0.4, -0.2) is 21.3 Å².